The Labute approximate surface area is 156 Å². The first-order valence-electron chi connectivity index (χ1n) is 9.86. The maximum absolute atomic E-state index is 12.7. The van der Waals surface area contributed by atoms with Gasteiger partial charge in [-0.1, -0.05) is 25.1 Å². The SMILES string of the molecule is CCc1cccc(C)c1NC(=O)C1CCC(C(=O)N2CCOCC2)CC1. The summed E-state index contributed by atoms with van der Waals surface area (Å²) in [4.78, 5) is 27.3. The van der Waals surface area contributed by atoms with Crippen LogP contribution >= 0.6 is 0 Å². The molecule has 1 heterocycles. The summed E-state index contributed by atoms with van der Waals surface area (Å²) < 4.78 is 5.32. The van der Waals surface area contributed by atoms with Crippen LogP contribution < -0.4 is 5.32 Å². The first-order chi connectivity index (χ1) is 12.6. The van der Waals surface area contributed by atoms with E-state index in [2.05, 4.69) is 18.3 Å². The number of hydrogen-bond acceptors (Lipinski definition) is 3. The molecule has 1 aliphatic carbocycles. The summed E-state index contributed by atoms with van der Waals surface area (Å²) in [7, 11) is 0. The zero-order valence-corrected chi connectivity index (χ0v) is 15.9. The smallest absolute Gasteiger partial charge is 0.227 e. The van der Waals surface area contributed by atoms with Gasteiger partial charge in [0.05, 0.1) is 13.2 Å². The van der Waals surface area contributed by atoms with Crippen molar-refractivity contribution < 1.29 is 14.3 Å². The normalized spacial score (nSPS) is 23.5. The van der Waals surface area contributed by atoms with E-state index in [4.69, 9.17) is 4.74 Å². The number of amides is 2. The Kier molecular flexibility index (Phi) is 6.30. The summed E-state index contributed by atoms with van der Waals surface area (Å²) in [5.74, 6) is 0.431. The highest BCUT2D eigenvalue weighted by Crippen LogP contribution is 2.32. The van der Waals surface area contributed by atoms with Gasteiger partial charge in [-0.05, 0) is 50.2 Å². The lowest BCUT2D eigenvalue weighted by Gasteiger charge is -2.33. The van der Waals surface area contributed by atoms with Crippen LogP contribution in [0.15, 0.2) is 18.2 Å². The lowest BCUT2D eigenvalue weighted by atomic mass is 9.80. The second-order valence-electron chi connectivity index (χ2n) is 7.44. The van der Waals surface area contributed by atoms with Crippen molar-refractivity contribution in [3.63, 3.8) is 0 Å². The zero-order chi connectivity index (χ0) is 18.5. The lowest BCUT2D eigenvalue weighted by Crippen LogP contribution is -2.44. The maximum Gasteiger partial charge on any atom is 0.227 e. The number of aryl methyl sites for hydroxylation is 2. The zero-order valence-electron chi connectivity index (χ0n) is 15.9. The van der Waals surface area contributed by atoms with Crippen LogP contribution in [0.2, 0.25) is 0 Å². The van der Waals surface area contributed by atoms with Gasteiger partial charge in [0, 0.05) is 30.6 Å². The first-order valence-corrected chi connectivity index (χ1v) is 9.86. The number of rotatable bonds is 4. The molecular formula is C21H30N2O3. The molecule has 1 aliphatic heterocycles. The Morgan fingerprint density at radius 1 is 1.12 bits per heavy atom. The third-order valence-corrected chi connectivity index (χ3v) is 5.76. The molecule has 2 amide bonds. The highest BCUT2D eigenvalue weighted by molar-refractivity contribution is 5.94. The minimum Gasteiger partial charge on any atom is -0.378 e. The first kappa shape index (κ1) is 18.9. The van der Waals surface area contributed by atoms with Crippen molar-refractivity contribution in [2.24, 2.45) is 11.8 Å². The van der Waals surface area contributed by atoms with Gasteiger partial charge in [-0.2, -0.15) is 0 Å². The van der Waals surface area contributed by atoms with Gasteiger partial charge in [-0.25, -0.2) is 0 Å². The molecule has 0 radical (unpaired) electrons. The van der Waals surface area contributed by atoms with Crippen molar-refractivity contribution in [1.29, 1.82) is 0 Å². The third-order valence-electron chi connectivity index (χ3n) is 5.76. The quantitative estimate of drug-likeness (QED) is 0.899. The van der Waals surface area contributed by atoms with E-state index in [1.165, 1.54) is 5.56 Å². The van der Waals surface area contributed by atoms with E-state index in [1.54, 1.807) is 0 Å². The molecule has 2 aliphatic rings. The number of anilines is 1. The fourth-order valence-electron chi connectivity index (χ4n) is 4.07. The van der Waals surface area contributed by atoms with Crippen molar-refractivity contribution >= 4 is 17.5 Å². The summed E-state index contributed by atoms with van der Waals surface area (Å²) in [6.07, 6.45) is 4.10. The van der Waals surface area contributed by atoms with Gasteiger partial charge < -0.3 is 15.0 Å². The number of nitrogens with zero attached hydrogens (tertiary/aromatic N) is 1. The predicted molar refractivity (Wildman–Crippen MR) is 102 cm³/mol. The fraction of sp³-hybridized carbons (Fsp3) is 0.619. The topological polar surface area (TPSA) is 58.6 Å². The Bertz CT molecular complexity index is 645. The van der Waals surface area contributed by atoms with Crippen molar-refractivity contribution in [2.45, 2.75) is 46.0 Å². The van der Waals surface area contributed by atoms with Crippen molar-refractivity contribution in [2.75, 3.05) is 31.6 Å². The number of nitrogens with one attached hydrogen (secondary N) is 1. The van der Waals surface area contributed by atoms with E-state index in [-0.39, 0.29) is 23.7 Å². The third kappa shape index (κ3) is 4.26. The number of ether oxygens (including phenoxy) is 1. The summed E-state index contributed by atoms with van der Waals surface area (Å²) >= 11 is 0. The molecule has 1 N–H and O–H groups in total. The van der Waals surface area contributed by atoms with Crippen LogP contribution in [0.1, 0.15) is 43.7 Å². The van der Waals surface area contributed by atoms with Gasteiger partial charge >= 0.3 is 0 Å². The molecule has 0 unspecified atom stereocenters. The van der Waals surface area contributed by atoms with Gasteiger partial charge in [-0.15, -0.1) is 0 Å². The summed E-state index contributed by atoms with van der Waals surface area (Å²) in [6.45, 7) is 6.82. The van der Waals surface area contributed by atoms with Crippen molar-refractivity contribution in [3.05, 3.63) is 29.3 Å². The Morgan fingerprint density at radius 2 is 1.77 bits per heavy atom. The maximum atomic E-state index is 12.7. The number of carbonyl (C=O) groups is 2. The average Bonchev–Trinajstić information content (AvgIpc) is 2.69. The Morgan fingerprint density at radius 3 is 2.42 bits per heavy atom. The molecule has 26 heavy (non-hydrogen) atoms. The number of carbonyl (C=O) groups excluding carboxylic acids is 2. The largest absolute Gasteiger partial charge is 0.378 e. The average molecular weight is 358 g/mol. The van der Waals surface area contributed by atoms with Crippen molar-refractivity contribution in [1.82, 2.24) is 4.90 Å². The minimum absolute atomic E-state index is 0.00746. The van der Waals surface area contributed by atoms with Gasteiger partial charge in [0.1, 0.15) is 0 Å². The molecule has 0 aromatic heterocycles. The molecule has 1 aromatic carbocycles. The molecule has 5 nitrogen and oxygen atoms in total. The lowest BCUT2D eigenvalue weighted by molar-refractivity contribution is -0.141. The molecule has 1 saturated carbocycles. The van der Waals surface area contributed by atoms with E-state index in [1.807, 2.05) is 24.0 Å². The van der Waals surface area contributed by atoms with Crippen LogP contribution in [0.25, 0.3) is 0 Å². The van der Waals surface area contributed by atoms with Crippen LogP contribution in [0.5, 0.6) is 0 Å². The summed E-state index contributed by atoms with van der Waals surface area (Å²) in [5.41, 5.74) is 3.25. The van der Waals surface area contributed by atoms with E-state index in [0.717, 1.165) is 43.4 Å². The van der Waals surface area contributed by atoms with Gasteiger partial charge in [0.25, 0.3) is 0 Å². The molecular weight excluding hydrogens is 328 g/mol. The van der Waals surface area contributed by atoms with Crippen LogP contribution in [0.3, 0.4) is 0 Å². The van der Waals surface area contributed by atoms with E-state index >= 15 is 0 Å². The van der Waals surface area contributed by atoms with Crippen molar-refractivity contribution in [3.8, 4) is 0 Å². The van der Waals surface area contributed by atoms with E-state index in [9.17, 15) is 9.59 Å². The van der Waals surface area contributed by atoms with Crippen LogP contribution in [-0.2, 0) is 20.7 Å². The Balaban J connectivity index is 1.55. The number of hydrogen-bond donors (Lipinski definition) is 1. The van der Waals surface area contributed by atoms with Crippen LogP contribution in [0, 0.1) is 18.8 Å². The Hall–Kier alpha value is -1.88. The number of benzene rings is 1. The monoisotopic (exact) mass is 358 g/mol. The molecule has 0 atom stereocenters. The minimum atomic E-state index is 0.00746. The summed E-state index contributed by atoms with van der Waals surface area (Å²) in [5, 5.41) is 3.16. The molecule has 2 fully saturated rings. The molecule has 0 bridgehead atoms. The van der Waals surface area contributed by atoms with E-state index in [0.29, 0.717) is 26.3 Å². The number of para-hydroxylation sites is 1. The van der Waals surface area contributed by atoms with Gasteiger partial charge in [-0.3, -0.25) is 9.59 Å². The highest BCUT2D eigenvalue weighted by atomic mass is 16.5. The fourth-order valence-corrected chi connectivity index (χ4v) is 4.07. The van der Waals surface area contributed by atoms with Gasteiger partial charge in [0.2, 0.25) is 11.8 Å². The standard InChI is InChI=1S/C21H30N2O3/c1-3-16-6-4-5-15(2)19(16)22-20(24)17-7-9-18(10-8-17)21(25)23-11-13-26-14-12-23/h4-6,17-18H,3,7-14H2,1-2H3,(H,22,24). The molecule has 0 spiro atoms. The van der Waals surface area contributed by atoms with E-state index < -0.39 is 0 Å². The summed E-state index contributed by atoms with van der Waals surface area (Å²) in [6, 6.07) is 6.14. The molecule has 1 saturated heterocycles. The highest BCUT2D eigenvalue weighted by Gasteiger charge is 2.32. The molecule has 142 valence electrons. The van der Waals surface area contributed by atoms with Crippen LogP contribution in [0.4, 0.5) is 5.69 Å². The second-order valence-corrected chi connectivity index (χ2v) is 7.44. The molecule has 3 rings (SSSR count). The second kappa shape index (κ2) is 8.67. The van der Waals surface area contributed by atoms with Gasteiger partial charge in [0.15, 0.2) is 0 Å². The number of morpholine rings is 1. The van der Waals surface area contributed by atoms with Crippen LogP contribution in [-0.4, -0.2) is 43.0 Å². The predicted octanol–water partition coefficient (Wildman–Crippen LogP) is 3.16. The molecule has 1 aromatic rings. The molecule has 5 heteroatoms.